The standard InChI is InChI=1S/C8H12N2/c1-2-4-7(3-1)8-5-6-9-10-8/h5-8H,1-4H2. The van der Waals surface area contributed by atoms with Crippen molar-refractivity contribution in [3.63, 3.8) is 0 Å². The van der Waals surface area contributed by atoms with Gasteiger partial charge in [0.2, 0.25) is 0 Å². The highest BCUT2D eigenvalue weighted by Gasteiger charge is 2.23. The van der Waals surface area contributed by atoms with Crippen molar-refractivity contribution in [2.24, 2.45) is 16.1 Å². The molecule has 1 fully saturated rings. The minimum Gasteiger partial charge on any atom is -0.181 e. The summed E-state index contributed by atoms with van der Waals surface area (Å²) in [6, 6.07) is 0.433. The molecule has 1 heterocycles. The number of hydrogen-bond acceptors (Lipinski definition) is 2. The highest BCUT2D eigenvalue weighted by molar-refractivity contribution is 5.00. The molecule has 1 aliphatic carbocycles. The summed E-state index contributed by atoms with van der Waals surface area (Å²) in [5.74, 6) is 0.808. The molecule has 54 valence electrons. The largest absolute Gasteiger partial charge is 0.181 e. The first-order valence-electron chi connectivity index (χ1n) is 4.03. The van der Waals surface area contributed by atoms with Gasteiger partial charge in [0.1, 0.15) is 0 Å². The van der Waals surface area contributed by atoms with E-state index in [1.807, 2.05) is 6.20 Å². The van der Waals surface area contributed by atoms with E-state index in [0.717, 1.165) is 5.92 Å². The van der Waals surface area contributed by atoms with Crippen LogP contribution in [0.1, 0.15) is 25.7 Å². The Hall–Kier alpha value is -0.660. The van der Waals surface area contributed by atoms with Crippen molar-refractivity contribution in [1.82, 2.24) is 0 Å². The molecule has 0 saturated heterocycles. The van der Waals surface area contributed by atoms with Gasteiger partial charge in [-0.15, -0.1) is 0 Å². The van der Waals surface area contributed by atoms with Crippen LogP contribution < -0.4 is 0 Å². The van der Waals surface area contributed by atoms with Crippen molar-refractivity contribution in [1.29, 1.82) is 0 Å². The molecule has 2 rings (SSSR count). The van der Waals surface area contributed by atoms with Crippen LogP contribution in [0.3, 0.4) is 0 Å². The molecule has 0 spiro atoms. The molecule has 1 aliphatic heterocycles. The maximum absolute atomic E-state index is 4.13. The van der Waals surface area contributed by atoms with Crippen LogP contribution >= 0.6 is 0 Å². The molecule has 1 atom stereocenters. The molecule has 0 amide bonds. The average Bonchev–Trinajstić information content (AvgIpc) is 2.59. The van der Waals surface area contributed by atoms with E-state index < -0.39 is 0 Å². The van der Waals surface area contributed by atoms with Gasteiger partial charge in [0, 0.05) is 6.20 Å². The van der Waals surface area contributed by atoms with Gasteiger partial charge in [-0.3, -0.25) is 0 Å². The van der Waals surface area contributed by atoms with Crippen LogP contribution in [0.25, 0.3) is 0 Å². The van der Waals surface area contributed by atoms with E-state index in [1.165, 1.54) is 25.7 Å². The average molecular weight is 136 g/mol. The summed E-state index contributed by atoms with van der Waals surface area (Å²) < 4.78 is 0. The Labute approximate surface area is 61.0 Å². The summed E-state index contributed by atoms with van der Waals surface area (Å²) in [5.41, 5.74) is 0. The number of nitrogens with zero attached hydrogens (tertiary/aromatic N) is 2. The monoisotopic (exact) mass is 136 g/mol. The fraction of sp³-hybridized carbons (Fsp3) is 0.750. The minimum absolute atomic E-state index is 0.433. The van der Waals surface area contributed by atoms with E-state index in [4.69, 9.17) is 0 Å². The lowest BCUT2D eigenvalue weighted by atomic mass is 9.99. The van der Waals surface area contributed by atoms with E-state index in [9.17, 15) is 0 Å². The molecule has 0 aromatic rings. The summed E-state index contributed by atoms with van der Waals surface area (Å²) in [4.78, 5) is 0. The van der Waals surface area contributed by atoms with Gasteiger partial charge in [-0.1, -0.05) is 12.8 Å². The third kappa shape index (κ3) is 0.981. The lowest BCUT2D eigenvalue weighted by molar-refractivity contribution is 0.488. The fourth-order valence-corrected chi connectivity index (χ4v) is 1.83. The van der Waals surface area contributed by atoms with Crippen LogP contribution in [-0.2, 0) is 0 Å². The quantitative estimate of drug-likeness (QED) is 0.529. The van der Waals surface area contributed by atoms with E-state index in [-0.39, 0.29) is 0 Å². The molecule has 0 aromatic carbocycles. The van der Waals surface area contributed by atoms with Gasteiger partial charge in [-0.2, -0.15) is 10.2 Å². The van der Waals surface area contributed by atoms with Crippen LogP contribution in [0.2, 0.25) is 0 Å². The van der Waals surface area contributed by atoms with E-state index in [1.54, 1.807) is 0 Å². The van der Waals surface area contributed by atoms with Crippen LogP contribution in [0.15, 0.2) is 22.5 Å². The van der Waals surface area contributed by atoms with E-state index in [2.05, 4.69) is 16.3 Å². The number of rotatable bonds is 1. The molecule has 2 heteroatoms. The van der Waals surface area contributed by atoms with Crippen LogP contribution in [-0.4, -0.2) is 6.04 Å². The molecule has 1 unspecified atom stereocenters. The van der Waals surface area contributed by atoms with E-state index in [0.29, 0.717) is 6.04 Å². The second kappa shape index (κ2) is 2.52. The first-order valence-corrected chi connectivity index (χ1v) is 4.03. The Morgan fingerprint density at radius 1 is 1.20 bits per heavy atom. The Kier molecular flexibility index (Phi) is 1.53. The maximum Gasteiger partial charge on any atom is 0.0939 e. The zero-order chi connectivity index (χ0) is 6.81. The zero-order valence-electron chi connectivity index (χ0n) is 6.03. The topological polar surface area (TPSA) is 24.7 Å². The van der Waals surface area contributed by atoms with Crippen molar-refractivity contribution in [3.05, 3.63) is 12.3 Å². The molecule has 10 heavy (non-hydrogen) atoms. The Morgan fingerprint density at radius 2 is 2.00 bits per heavy atom. The lowest BCUT2D eigenvalue weighted by Gasteiger charge is -2.09. The van der Waals surface area contributed by atoms with Gasteiger partial charge in [-0.05, 0) is 24.8 Å². The van der Waals surface area contributed by atoms with Crippen molar-refractivity contribution in [2.45, 2.75) is 31.7 Å². The van der Waals surface area contributed by atoms with Crippen LogP contribution in [0.5, 0.6) is 0 Å². The normalized spacial score (nSPS) is 32.2. The first-order chi connectivity index (χ1) is 4.97. The van der Waals surface area contributed by atoms with Crippen molar-refractivity contribution in [2.75, 3.05) is 0 Å². The summed E-state index contributed by atoms with van der Waals surface area (Å²) in [6.07, 6.45) is 9.44. The molecule has 2 aliphatic rings. The Morgan fingerprint density at radius 3 is 2.60 bits per heavy atom. The van der Waals surface area contributed by atoms with Crippen molar-refractivity contribution in [3.8, 4) is 0 Å². The predicted octanol–water partition coefficient (Wildman–Crippen LogP) is 2.52. The first kappa shape index (κ1) is 6.08. The smallest absolute Gasteiger partial charge is 0.0939 e. The Balaban J connectivity index is 1.98. The van der Waals surface area contributed by atoms with E-state index >= 15 is 0 Å². The second-order valence-electron chi connectivity index (χ2n) is 3.11. The van der Waals surface area contributed by atoms with Crippen molar-refractivity contribution >= 4 is 0 Å². The lowest BCUT2D eigenvalue weighted by Crippen LogP contribution is -2.09. The summed E-state index contributed by atoms with van der Waals surface area (Å²) in [5, 5.41) is 7.99. The van der Waals surface area contributed by atoms with Gasteiger partial charge in [-0.25, -0.2) is 0 Å². The summed E-state index contributed by atoms with van der Waals surface area (Å²) in [7, 11) is 0. The Bertz CT molecular complexity index is 154. The van der Waals surface area contributed by atoms with Crippen molar-refractivity contribution < 1.29 is 0 Å². The highest BCUT2D eigenvalue weighted by Crippen LogP contribution is 2.31. The van der Waals surface area contributed by atoms with Gasteiger partial charge >= 0.3 is 0 Å². The summed E-state index contributed by atoms with van der Waals surface area (Å²) >= 11 is 0. The fourth-order valence-electron chi connectivity index (χ4n) is 1.83. The maximum atomic E-state index is 4.13. The number of azo groups is 1. The second-order valence-corrected chi connectivity index (χ2v) is 3.11. The highest BCUT2D eigenvalue weighted by atomic mass is 15.1. The zero-order valence-corrected chi connectivity index (χ0v) is 6.03. The third-order valence-corrected chi connectivity index (χ3v) is 2.43. The molecular weight excluding hydrogens is 124 g/mol. The minimum atomic E-state index is 0.433. The SMILES string of the molecule is C1=CC(C2CCCC2)N=N1. The number of hydrogen-bond donors (Lipinski definition) is 0. The molecule has 2 nitrogen and oxygen atoms in total. The molecule has 1 saturated carbocycles. The molecule has 0 aromatic heterocycles. The van der Waals surface area contributed by atoms with Gasteiger partial charge in [0.05, 0.1) is 6.04 Å². The van der Waals surface area contributed by atoms with Crippen LogP contribution in [0, 0.1) is 5.92 Å². The third-order valence-electron chi connectivity index (χ3n) is 2.43. The molecule has 0 radical (unpaired) electrons. The van der Waals surface area contributed by atoms with Gasteiger partial charge < -0.3 is 0 Å². The van der Waals surface area contributed by atoms with Gasteiger partial charge in [0.25, 0.3) is 0 Å². The predicted molar refractivity (Wildman–Crippen MR) is 39.7 cm³/mol. The van der Waals surface area contributed by atoms with Gasteiger partial charge in [0.15, 0.2) is 0 Å². The molecular formula is C8H12N2. The molecule has 0 N–H and O–H groups in total. The molecule has 0 bridgehead atoms. The van der Waals surface area contributed by atoms with Crippen LogP contribution in [0.4, 0.5) is 0 Å². The summed E-state index contributed by atoms with van der Waals surface area (Å²) in [6.45, 7) is 0.